The zero-order valence-corrected chi connectivity index (χ0v) is 16.2. The van der Waals surface area contributed by atoms with Crippen molar-refractivity contribution in [2.24, 2.45) is 0 Å². The molecule has 2 heterocycles. The number of likely N-dealkylation sites (tertiary alicyclic amines) is 1. The largest absolute Gasteiger partial charge is 0.355 e. The van der Waals surface area contributed by atoms with Crippen molar-refractivity contribution in [1.82, 2.24) is 20.2 Å². The van der Waals surface area contributed by atoms with E-state index in [-0.39, 0.29) is 5.91 Å². The molecule has 1 amide bonds. The molecule has 0 spiro atoms. The van der Waals surface area contributed by atoms with E-state index in [0.29, 0.717) is 18.9 Å². The van der Waals surface area contributed by atoms with Crippen LogP contribution in [0.4, 0.5) is 0 Å². The van der Waals surface area contributed by atoms with Gasteiger partial charge in [0.05, 0.1) is 11.0 Å². The number of nitrogens with one attached hydrogen (secondary N) is 2. The number of fused-ring (bicyclic) bond motifs is 1. The molecule has 1 aromatic heterocycles. The highest BCUT2D eigenvalue weighted by Crippen LogP contribution is 2.19. The molecule has 146 valence electrons. The lowest BCUT2D eigenvalue weighted by Crippen LogP contribution is -2.46. The van der Waals surface area contributed by atoms with Crippen LogP contribution in [0, 0.1) is 0 Å². The summed E-state index contributed by atoms with van der Waals surface area (Å²) in [5.41, 5.74) is 3.32. The predicted octanol–water partition coefficient (Wildman–Crippen LogP) is 3.67. The number of aryl methyl sites for hydroxylation is 1. The van der Waals surface area contributed by atoms with Gasteiger partial charge in [-0.2, -0.15) is 0 Å². The number of hydrogen-bond donors (Lipinski definition) is 2. The first-order valence-corrected chi connectivity index (χ1v) is 10.3. The third-order valence-corrected chi connectivity index (χ3v) is 5.54. The van der Waals surface area contributed by atoms with E-state index >= 15 is 0 Å². The Balaban J connectivity index is 1.26. The Hall–Kier alpha value is -2.66. The van der Waals surface area contributed by atoms with E-state index in [2.05, 4.69) is 50.5 Å². The number of aromatic amines is 1. The van der Waals surface area contributed by atoms with Gasteiger partial charge >= 0.3 is 0 Å². The molecule has 1 aliphatic heterocycles. The van der Waals surface area contributed by atoms with Crippen molar-refractivity contribution in [2.75, 3.05) is 13.1 Å². The normalized spacial score (nSPS) is 17.6. The topological polar surface area (TPSA) is 61.0 Å². The molecule has 4 rings (SSSR count). The van der Waals surface area contributed by atoms with E-state index in [9.17, 15) is 4.79 Å². The number of carbonyl (C=O) groups is 1. The fraction of sp³-hybridized carbons (Fsp3) is 0.391. The molecule has 0 aliphatic carbocycles. The summed E-state index contributed by atoms with van der Waals surface area (Å²) in [4.78, 5) is 22.7. The van der Waals surface area contributed by atoms with Gasteiger partial charge in [-0.25, -0.2) is 4.98 Å². The summed E-state index contributed by atoms with van der Waals surface area (Å²) in [7, 11) is 0. The molecule has 1 aliphatic rings. The number of rotatable bonds is 7. The molecule has 0 radical (unpaired) electrons. The van der Waals surface area contributed by atoms with Crippen LogP contribution >= 0.6 is 0 Å². The quantitative estimate of drug-likeness (QED) is 0.661. The lowest BCUT2D eigenvalue weighted by Gasteiger charge is -2.36. The molecule has 2 N–H and O–H groups in total. The second-order valence-corrected chi connectivity index (χ2v) is 7.61. The number of hydrogen-bond acceptors (Lipinski definition) is 3. The van der Waals surface area contributed by atoms with Gasteiger partial charge in [-0.1, -0.05) is 48.9 Å². The van der Waals surface area contributed by atoms with Crippen LogP contribution in [-0.4, -0.2) is 39.9 Å². The number of nitrogens with zero attached hydrogens (tertiary/aromatic N) is 2. The first-order valence-electron chi connectivity index (χ1n) is 10.3. The number of imidazole rings is 1. The fourth-order valence-electron chi connectivity index (χ4n) is 3.99. The molecule has 0 unspecified atom stereocenters. The van der Waals surface area contributed by atoms with E-state index in [1.807, 2.05) is 24.3 Å². The lowest BCUT2D eigenvalue weighted by atomic mass is 10.0. The number of amides is 1. The molecule has 0 saturated carbocycles. The van der Waals surface area contributed by atoms with Crippen molar-refractivity contribution >= 4 is 16.9 Å². The molecule has 1 atom stereocenters. The van der Waals surface area contributed by atoms with Crippen LogP contribution in [0.25, 0.3) is 11.0 Å². The van der Waals surface area contributed by atoms with Crippen molar-refractivity contribution < 1.29 is 4.79 Å². The Kier molecular flexibility index (Phi) is 6.02. The molecular formula is C23H28N4O. The third-order valence-electron chi connectivity index (χ3n) is 5.54. The molecule has 1 fully saturated rings. The Morgan fingerprint density at radius 1 is 1.11 bits per heavy atom. The number of aromatic nitrogens is 2. The molecule has 3 aromatic rings. The van der Waals surface area contributed by atoms with Gasteiger partial charge in [-0.05, 0) is 37.1 Å². The minimum absolute atomic E-state index is 0.102. The van der Waals surface area contributed by atoms with Crippen LogP contribution < -0.4 is 5.32 Å². The second kappa shape index (κ2) is 9.02. The standard InChI is InChI=1S/C23H28N4O/c28-23(14-13-22-25-20-11-4-5-12-21(20)26-22)24-16-19-10-6-7-15-27(19)17-18-8-2-1-3-9-18/h1-5,8-9,11-12,19H,6-7,10,13-17H2,(H,24,28)(H,25,26)/t19-/m1/s1. The van der Waals surface area contributed by atoms with Crippen LogP contribution in [0.2, 0.25) is 0 Å². The smallest absolute Gasteiger partial charge is 0.220 e. The fourth-order valence-corrected chi connectivity index (χ4v) is 3.99. The van der Waals surface area contributed by atoms with Crippen molar-refractivity contribution in [3.05, 3.63) is 66.0 Å². The highest BCUT2D eigenvalue weighted by atomic mass is 16.1. The highest BCUT2D eigenvalue weighted by molar-refractivity contribution is 5.77. The summed E-state index contributed by atoms with van der Waals surface area (Å²) in [5, 5.41) is 3.15. The van der Waals surface area contributed by atoms with Crippen LogP contribution in [0.15, 0.2) is 54.6 Å². The summed E-state index contributed by atoms with van der Waals surface area (Å²) in [5.74, 6) is 0.977. The van der Waals surface area contributed by atoms with Gasteiger partial charge in [-0.3, -0.25) is 9.69 Å². The monoisotopic (exact) mass is 376 g/mol. The van der Waals surface area contributed by atoms with Crippen molar-refractivity contribution in [2.45, 2.75) is 44.7 Å². The van der Waals surface area contributed by atoms with E-state index in [1.165, 1.54) is 18.4 Å². The Labute approximate surface area is 166 Å². The van der Waals surface area contributed by atoms with E-state index in [1.54, 1.807) is 0 Å². The van der Waals surface area contributed by atoms with Crippen LogP contribution in [0.1, 0.15) is 37.1 Å². The highest BCUT2D eigenvalue weighted by Gasteiger charge is 2.22. The summed E-state index contributed by atoms with van der Waals surface area (Å²) in [6.45, 7) is 2.79. The molecule has 1 saturated heterocycles. The second-order valence-electron chi connectivity index (χ2n) is 7.61. The molecular weight excluding hydrogens is 348 g/mol. The van der Waals surface area contributed by atoms with Gasteiger partial charge in [-0.15, -0.1) is 0 Å². The Bertz CT molecular complexity index is 872. The first-order chi connectivity index (χ1) is 13.8. The average molecular weight is 377 g/mol. The lowest BCUT2D eigenvalue weighted by molar-refractivity contribution is -0.121. The minimum Gasteiger partial charge on any atom is -0.355 e. The maximum absolute atomic E-state index is 12.4. The first kappa shape index (κ1) is 18.7. The third kappa shape index (κ3) is 4.78. The summed E-state index contributed by atoms with van der Waals surface area (Å²) in [6.07, 6.45) is 4.73. The van der Waals surface area contributed by atoms with Crippen molar-refractivity contribution in [3.63, 3.8) is 0 Å². The predicted molar refractivity (Wildman–Crippen MR) is 112 cm³/mol. The summed E-state index contributed by atoms with van der Waals surface area (Å²) in [6, 6.07) is 19.0. The maximum atomic E-state index is 12.4. The summed E-state index contributed by atoms with van der Waals surface area (Å²) >= 11 is 0. The zero-order valence-electron chi connectivity index (χ0n) is 16.2. The van der Waals surface area contributed by atoms with Crippen LogP contribution in [-0.2, 0) is 17.8 Å². The van der Waals surface area contributed by atoms with Gasteiger partial charge in [0.15, 0.2) is 0 Å². The number of piperidine rings is 1. The van der Waals surface area contributed by atoms with E-state index in [0.717, 1.165) is 42.9 Å². The average Bonchev–Trinajstić information content (AvgIpc) is 3.15. The number of para-hydroxylation sites is 2. The van der Waals surface area contributed by atoms with E-state index in [4.69, 9.17) is 0 Å². The SMILES string of the molecule is O=C(CCc1nc2ccccc2[nH]1)NC[C@H]1CCCCN1Cc1ccccc1. The van der Waals surface area contributed by atoms with Crippen LogP contribution in [0.5, 0.6) is 0 Å². The zero-order chi connectivity index (χ0) is 19.2. The minimum atomic E-state index is 0.102. The molecule has 5 nitrogen and oxygen atoms in total. The molecule has 2 aromatic carbocycles. The summed E-state index contributed by atoms with van der Waals surface area (Å²) < 4.78 is 0. The van der Waals surface area contributed by atoms with Crippen LogP contribution in [0.3, 0.4) is 0 Å². The van der Waals surface area contributed by atoms with E-state index < -0.39 is 0 Å². The van der Waals surface area contributed by atoms with Gasteiger partial charge in [0.25, 0.3) is 0 Å². The number of H-pyrrole nitrogens is 1. The van der Waals surface area contributed by atoms with Gasteiger partial charge in [0.1, 0.15) is 5.82 Å². The number of benzene rings is 2. The van der Waals surface area contributed by atoms with Gasteiger partial charge < -0.3 is 10.3 Å². The maximum Gasteiger partial charge on any atom is 0.220 e. The Morgan fingerprint density at radius 2 is 1.93 bits per heavy atom. The van der Waals surface area contributed by atoms with Crippen molar-refractivity contribution in [1.29, 1.82) is 0 Å². The molecule has 28 heavy (non-hydrogen) atoms. The Morgan fingerprint density at radius 3 is 2.79 bits per heavy atom. The van der Waals surface area contributed by atoms with Crippen molar-refractivity contribution in [3.8, 4) is 0 Å². The van der Waals surface area contributed by atoms with Gasteiger partial charge in [0, 0.05) is 32.0 Å². The number of carbonyl (C=O) groups excluding carboxylic acids is 1. The van der Waals surface area contributed by atoms with Gasteiger partial charge in [0.2, 0.25) is 5.91 Å². The molecule has 5 heteroatoms. The molecule has 0 bridgehead atoms.